The molecular formula is C10H21N3S. The van der Waals surface area contributed by atoms with Gasteiger partial charge in [0.2, 0.25) is 0 Å². The van der Waals surface area contributed by atoms with E-state index in [0.29, 0.717) is 6.04 Å². The van der Waals surface area contributed by atoms with Crippen molar-refractivity contribution in [3.8, 4) is 0 Å². The van der Waals surface area contributed by atoms with Gasteiger partial charge in [-0.15, -0.1) is 0 Å². The SMILES string of the molecule is CSCC(=NC1CCCCCC1)NN. The lowest BCUT2D eigenvalue weighted by molar-refractivity contribution is 0.583. The van der Waals surface area contributed by atoms with Crippen LogP contribution in [0, 0.1) is 0 Å². The van der Waals surface area contributed by atoms with Crippen molar-refractivity contribution in [1.82, 2.24) is 5.43 Å². The smallest absolute Gasteiger partial charge is 0.121 e. The molecule has 4 heteroatoms. The number of nitrogens with zero attached hydrogens (tertiary/aromatic N) is 1. The van der Waals surface area contributed by atoms with Crippen LogP contribution in [-0.4, -0.2) is 23.9 Å². The number of thioether (sulfide) groups is 1. The highest BCUT2D eigenvalue weighted by Gasteiger charge is 2.11. The van der Waals surface area contributed by atoms with Crippen molar-refractivity contribution in [3.63, 3.8) is 0 Å². The molecule has 0 amide bonds. The summed E-state index contributed by atoms with van der Waals surface area (Å²) in [5, 5.41) is 0. The molecule has 82 valence electrons. The summed E-state index contributed by atoms with van der Waals surface area (Å²) in [6.07, 6.45) is 9.94. The summed E-state index contributed by atoms with van der Waals surface area (Å²) in [5.41, 5.74) is 2.70. The summed E-state index contributed by atoms with van der Waals surface area (Å²) in [6.45, 7) is 0. The van der Waals surface area contributed by atoms with E-state index in [-0.39, 0.29) is 0 Å². The van der Waals surface area contributed by atoms with E-state index in [1.165, 1.54) is 38.5 Å². The summed E-state index contributed by atoms with van der Waals surface area (Å²) in [7, 11) is 0. The summed E-state index contributed by atoms with van der Waals surface area (Å²) >= 11 is 1.75. The first kappa shape index (κ1) is 11.9. The first-order valence-electron chi connectivity index (χ1n) is 5.39. The average Bonchev–Trinajstić information content (AvgIpc) is 2.45. The molecule has 0 bridgehead atoms. The van der Waals surface area contributed by atoms with Crippen LogP contribution in [0.25, 0.3) is 0 Å². The van der Waals surface area contributed by atoms with Crippen LogP contribution in [0.15, 0.2) is 4.99 Å². The van der Waals surface area contributed by atoms with Gasteiger partial charge in [-0.05, 0) is 19.1 Å². The van der Waals surface area contributed by atoms with E-state index in [2.05, 4.69) is 16.7 Å². The Labute approximate surface area is 90.9 Å². The Hall–Kier alpha value is -0.220. The van der Waals surface area contributed by atoms with Crippen LogP contribution in [-0.2, 0) is 0 Å². The molecule has 0 unspecified atom stereocenters. The third-order valence-corrected chi connectivity index (χ3v) is 3.17. The average molecular weight is 215 g/mol. The van der Waals surface area contributed by atoms with E-state index in [9.17, 15) is 0 Å². The van der Waals surface area contributed by atoms with Gasteiger partial charge in [-0.2, -0.15) is 11.8 Å². The highest BCUT2D eigenvalue weighted by atomic mass is 32.2. The van der Waals surface area contributed by atoms with Crippen molar-refractivity contribution in [3.05, 3.63) is 0 Å². The van der Waals surface area contributed by atoms with Crippen LogP contribution >= 0.6 is 11.8 Å². The van der Waals surface area contributed by atoms with Crippen LogP contribution < -0.4 is 11.3 Å². The van der Waals surface area contributed by atoms with Crippen LogP contribution in [0.1, 0.15) is 38.5 Å². The van der Waals surface area contributed by atoms with Gasteiger partial charge in [0.25, 0.3) is 0 Å². The van der Waals surface area contributed by atoms with Gasteiger partial charge >= 0.3 is 0 Å². The van der Waals surface area contributed by atoms with E-state index in [4.69, 9.17) is 5.84 Å². The zero-order valence-corrected chi connectivity index (χ0v) is 9.78. The Morgan fingerprint density at radius 3 is 2.50 bits per heavy atom. The normalized spacial score (nSPS) is 20.6. The van der Waals surface area contributed by atoms with Gasteiger partial charge in [0.1, 0.15) is 5.84 Å². The van der Waals surface area contributed by atoms with Crippen molar-refractivity contribution >= 4 is 17.6 Å². The van der Waals surface area contributed by atoms with E-state index < -0.39 is 0 Å². The number of aliphatic imine (C=N–C) groups is 1. The zero-order chi connectivity index (χ0) is 10.2. The third-order valence-electron chi connectivity index (χ3n) is 2.61. The third kappa shape index (κ3) is 4.33. The number of hydrogen-bond donors (Lipinski definition) is 2. The Morgan fingerprint density at radius 1 is 1.36 bits per heavy atom. The molecule has 3 N–H and O–H groups in total. The van der Waals surface area contributed by atoms with E-state index in [1.54, 1.807) is 11.8 Å². The second kappa shape index (κ2) is 7.12. The molecule has 1 aliphatic carbocycles. The lowest BCUT2D eigenvalue weighted by atomic mass is 10.1. The molecule has 0 atom stereocenters. The van der Waals surface area contributed by atoms with Gasteiger partial charge in [0, 0.05) is 0 Å². The van der Waals surface area contributed by atoms with Crippen molar-refractivity contribution in [2.75, 3.05) is 12.0 Å². The number of nitrogens with two attached hydrogens (primary N) is 1. The number of nitrogens with one attached hydrogen (secondary N) is 1. The van der Waals surface area contributed by atoms with Crippen molar-refractivity contribution < 1.29 is 0 Å². The molecule has 3 nitrogen and oxygen atoms in total. The summed E-state index contributed by atoms with van der Waals surface area (Å²) in [6, 6.07) is 0.510. The number of hydrazine groups is 1. The van der Waals surface area contributed by atoms with Crippen LogP contribution in [0.2, 0.25) is 0 Å². The largest absolute Gasteiger partial charge is 0.312 e. The maximum absolute atomic E-state index is 5.42. The number of rotatable bonds is 3. The molecule has 0 heterocycles. The predicted molar refractivity (Wildman–Crippen MR) is 64.6 cm³/mol. The fourth-order valence-corrected chi connectivity index (χ4v) is 2.29. The monoisotopic (exact) mass is 215 g/mol. The van der Waals surface area contributed by atoms with Crippen molar-refractivity contribution in [1.29, 1.82) is 0 Å². The van der Waals surface area contributed by atoms with Gasteiger partial charge in [-0.25, -0.2) is 5.84 Å². The molecule has 1 rings (SSSR count). The van der Waals surface area contributed by atoms with Gasteiger partial charge in [-0.3, -0.25) is 4.99 Å². The molecule has 0 aromatic heterocycles. The van der Waals surface area contributed by atoms with Crippen LogP contribution in [0.4, 0.5) is 0 Å². The highest BCUT2D eigenvalue weighted by Crippen LogP contribution is 2.19. The Kier molecular flexibility index (Phi) is 6.03. The summed E-state index contributed by atoms with van der Waals surface area (Å²) < 4.78 is 0. The van der Waals surface area contributed by atoms with E-state index in [0.717, 1.165) is 11.6 Å². The van der Waals surface area contributed by atoms with Gasteiger partial charge in [0.15, 0.2) is 0 Å². The standard InChI is InChI=1S/C10H21N3S/c1-14-8-10(13-11)12-9-6-4-2-3-5-7-9/h9H,2-8,11H2,1H3,(H,12,13). The van der Waals surface area contributed by atoms with Crippen LogP contribution in [0.3, 0.4) is 0 Å². The lowest BCUT2D eigenvalue weighted by Crippen LogP contribution is -2.33. The number of amidine groups is 1. The molecular weight excluding hydrogens is 194 g/mol. The zero-order valence-electron chi connectivity index (χ0n) is 8.96. The Balaban J connectivity index is 2.43. The topological polar surface area (TPSA) is 50.4 Å². The molecule has 0 radical (unpaired) electrons. The fraction of sp³-hybridized carbons (Fsp3) is 0.900. The van der Waals surface area contributed by atoms with Gasteiger partial charge < -0.3 is 5.43 Å². The molecule has 0 aromatic carbocycles. The predicted octanol–water partition coefficient (Wildman–Crippen LogP) is 1.93. The second-order valence-electron chi connectivity index (χ2n) is 3.80. The Morgan fingerprint density at radius 2 is 2.00 bits per heavy atom. The first-order chi connectivity index (χ1) is 6.86. The second-order valence-corrected chi connectivity index (χ2v) is 4.66. The highest BCUT2D eigenvalue weighted by molar-refractivity contribution is 7.99. The van der Waals surface area contributed by atoms with Gasteiger partial charge in [0.05, 0.1) is 11.8 Å². The van der Waals surface area contributed by atoms with Crippen molar-refractivity contribution in [2.45, 2.75) is 44.6 Å². The molecule has 1 fully saturated rings. The van der Waals surface area contributed by atoms with E-state index >= 15 is 0 Å². The van der Waals surface area contributed by atoms with Crippen LogP contribution in [0.5, 0.6) is 0 Å². The molecule has 0 aromatic rings. The van der Waals surface area contributed by atoms with Gasteiger partial charge in [-0.1, -0.05) is 25.7 Å². The molecule has 1 aliphatic rings. The van der Waals surface area contributed by atoms with E-state index in [1.807, 2.05) is 0 Å². The minimum atomic E-state index is 0.510. The minimum absolute atomic E-state index is 0.510. The quantitative estimate of drug-likeness (QED) is 0.249. The number of hydrogen-bond acceptors (Lipinski definition) is 3. The lowest BCUT2D eigenvalue weighted by Gasteiger charge is -2.11. The fourth-order valence-electron chi connectivity index (χ4n) is 1.86. The molecule has 0 aliphatic heterocycles. The molecule has 0 saturated heterocycles. The van der Waals surface area contributed by atoms with Crippen molar-refractivity contribution in [2.24, 2.45) is 10.8 Å². The summed E-state index contributed by atoms with van der Waals surface area (Å²) in [5.74, 6) is 7.27. The molecule has 14 heavy (non-hydrogen) atoms. The minimum Gasteiger partial charge on any atom is -0.312 e. The maximum Gasteiger partial charge on any atom is 0.121 e. The maximum atomic E-state index is 5.42. The summed E-state index contributed by atoms with van der Waals surface area (Å²) in [4.78, 5) is 4.66. The first-order valence-corrected chi connectivity index (χ1v) is 6.78. The molecule has 0 spiro atoms. The Bertz CT molecular complexity index is 174. The molecule has 1 saturated carbocycles.